The van der Waals surface area contributed by atoms with Crippen molar-refractivity contribution in [3.63, 3.8) is 0 Å². The van der Waals surface area contributed by atoms with Crippen molar-refractivity contribution in [1.82, 2.24) is 4.90 Å². The molecule has 1 atom stereocenters. The van der Waals surface area contributed by atoms with E-state index in [1.54, 1.807) is 45.0 Å². The predicted octanol–water partition coefficient (Wildman–Crippen LogP) is 2.35. The molecule has 0 heterocycles. The maximum Gasteiger partial charge on any atom is 0.411 e. The number of amides is 1. The van der Waals surface area contributed by atoms with Crippen molar-refractivity contribution in [2.45, 2.75) is 45.4 Å². The maximum atomic E-state index is 12.3. The normalized spacial score (nSPS) is 12.3. The number of carboxylic acid groups (broad SMARTS) is 2. The summed E-state index contributed by atoms with van der Waals surface area (Å²) in [5.74, 6) is -2.69. The average molecular weight is 323 g/mol. The molecule has 0 unspecified atom stereocenters. The number of hydrogen-bond donors (Lipinski definition) is 2. The molecule has 0 bridgehead atoms. The zero-order valence-electron chi connectivity index (χ0n) is 13.4. The van der Waals surface area contributed by atoms with Crippen LogP contribution < -0.4 is 0 Å². The standard InChI is InChI=1S/C16H21NO6/c1-16(2,3)17(12(14(20)21)9-13(18)19)15(22)23-10-11-7-5-4-6-8-11/h4-8,12H,9-10H2,1-3H3,(H,18,19)(H,20,21)/t12-/m0/s1. The number of aliphatic carboxylic acids is 2. The molecule has 0 aliphatic heterocycles. The summed E-state index contributed by atoms with van der Waals surface area (Å²) >= 11 is 0. The van der Waals surface area contributed by atoms with Crippen molar-refractivity contribution in [1.29, 1.82) is 0 Å². The summed E-state index contributed by atoms with van der Waals surface area (Å²) in [6.45, 7) is 4.84. The van der Waals surface area contributed by atoms with Gasteiger partial charge in [-0.25, -0.2) is 9.59 Å². The average Bonchev–Trinajstić information content (AvgIpc) is 2.43. The Morgan fingerprint density at radius 3 is 2.13 bits per heavy atom. The summed E-state index contributed by atoms with van der Waals surface area (Å²) in [4.78, 5) is 35.6. The van der Waals surface area contributed by atoms with Crippen molar-refractivity contribution >= 4 is 18.0 Å². The highest BCUT2D eigenvalue weighted by Gasteiger charge is 2.39. The van der Waals surface area contributed by atoms with Crippen molar-refractivity contribution < 1.29 is 29.3 Å². The van der Waals surface area contributed by atoms with Crippen LogP contribution in [0.25, 0.3) is 0 Å². The van der Waals surface area contributed by atoms with Crippen LogP contribution in [0.2, 0.25) is 0 Å². The molecule has 0 aromatic heterocycles. The Morgan fingerprint density at radius 2 is 1.70 bits per heavy atom. The fraction of sp³-hybridized carbons (Fsp3) is 0.438. The van der Waals surface area contributed by atoms with Crippen LogP contribution in [0.5, 0.6) is 0 Å². The van der Waals surface area contributed by atoms with Crippen LogP contribution in [0.4, 0.5) is 4.79 Å². The number of carbonyl (C=O) groups is 3. The molecule has 23 heavy (non-hydrogen) atoms. The largest absolute Gasteiger partial charge is 0.481 e. The molecule has 2 N–H and O–H groups in total. The van der Waals surface area contributed by atoms with Gasteiger partial charge in [-0.15, -0.1) is 0 Å². The first-order valence-electron chi connectivity index (χ1n) is 7.07. The quantitative estimate of drug-likeness (QED) is 0.832. The zero-order chi connectivity index (χ0) is 17.6. The van der Waals surface area contributed by atoms with Crippen LogP contribution in [0.15, 0.2) is 30.3 Å². The maximum absolute atomic E-state index is 12.3. The molecule has 0 aliphatic carbocycles. The molecule has 7 heteroatoms. The Balaban J connectivity index is 2.94. The molecule has 1 aromatic carbocycles. The lowest BCUT2D eigenvalue weighted by molar-refractivity contribution is -0.151. The minimum Gasteiger partial charge on any atom is -0.481 e. The smallest absolute Gasteiger partial charge is 0.411 e. The first kappa shape index (κ1) is 18.5. The SMILES string of the molecule is CC(C)(C)N(C(=O)OCc1ccccc1)[C@@H](CC(=O)O)C(=O)O. The van der Waals surface area contributed by atoms with Crippen LogP contribution >= 0.6 is 0 Å². The summed E-state index contributed by atoms with van der Waals surface area (Å²) in [7, 11) is 0. The predicted molar refractivity (Wildman–Crippen MR) is 81.9 cm³/mol. The molecule has 7 nitrogen and oxygen atoms in total. The lowest BCUT2D eigenvalue weighted by Crippen LogP contribution is -2.55. The Labute approximate surface area is 134 Å². The lowest BCUT2D eigenvalue weighted by Gasteiger charge is -2.38. The third kappa shape index (κ3) is 5.61. The van der Waals surface area contributed by atoms with Gasteiger partial charge in [0.15, 0.2) is 0 Å². The van der Waals surface area contributed by atoms with E-state index in [0.29, 0.717) is 0 Å². The molecule has 0 spiro atoms. The van der Waals surface area contributed by atoms with Gasteiger partial charge in [0.2, 0.25) is 0 Å². The van der Waals surface area contributed by atoms with Crippen LogP contribution in [0.3, 0.4) is 0 Å². The topological polar surface area (TPSA) is 104 Å². The minimum absolute atomic E-state index is 0.0222. The van der Waals surface area contributed by atoms with Crippen molar-refractivity contribution in [2.75, 3.05) is 0 Å². The van der Waals surface area contributed by atoms with Gasteiger partial charge in [-0.3, -0.25) is 9.69 Å². The van der Waals surface area contributed by atoms with Gasteiger partial charge in [-0.1, -0.05) is 30.3 Å². The number of hydrogen-bond acceptors (Lipinski definition) is 4. The van der Waals surface area contributed by atoms with E-state index >= 15 is 0 Å². The van der Waals surface area contributed by atoms with Crippen molar-refractivity contribution in [3.8, 4) is 0 Å². The molecule has 1 amide bonds. The van der Waals surface area contributed by atoms with E-state index < -0.39 is 36.0 Å². The Kier molecular flexibility index (Phi) is 6.12. The number of carbonyl (C=O) groups excluding carboxylic acids is 1. The summed E-state index contributed by atoms with van der Waals surface area (Å²) in [6, 6.07) is 7.42. The Morgan fingerprint density at radius 1 is 1.13 bits per heavy atom. The van der Waals surface area contributed by atoms with Crippen LogP contribution in [-0.4, -0.2) is 44.7 Å². The highest BCUT2D eigenvalue weighted by molar-refractivity contribution is 5.85. The lowest BCUT2D eigenvalue weighted by atomic mass is 10.0. The monoisotopic (exact) mass is 323 g/mol. The van der Waals surface area contributed by atoms with E-state index in [1.165, 1.54) is 0 Å². The van der Waals surface area contributed by atoms with Gasteiger partial charge < -0.3 is 14.9 Å². The highest BCUT2D eigenvalue weighted by Crippen LogP contribution is 2.21. The molecular formula is C16H21NO6. The van der Waals surface area contributed by atoms with Gasteiger partial charge in [0, 0.05) is 5.54 Å². The molecule has 0 fully saturated rings. The summed E-state index contributed by atoms with van der Waals surface area (Å²) in [5, 5.41) is 18.2. The molecule has 1 aromatic rings. The minimum atomic E-state index is -1.50. The van der Waals surface area contributed by atoms with E-state index in [4.69, 9.17) is 9.84 Å². The third-order valence-electron chi connectivity index (χ3n) is 3.09. The van der Waals surface area contributed by atoms with Gasteiger partial charge in [-0.2, -0.15) is 0 Å². The van der Waals surface area contributed by atoms with Crippen LogP contribution in [-0.2, 0) is 20.9 Å². The second-order valence-corrected chi connectivity index (χ2v) is 6.03. The van der Waals surface area contributed by atoms with Crippen LogP contribution in [0, 0.1) is 0 Å². The van der Waals surface area contributed by atoms with Gasteiger partial charge in [0.25, 0.3) is 0 Å². The first-order valence-corrected chi connectivity index (χ1v) is 7.07. The molecule has 0 saturated heterocycles. The fourth-order valence-electron chi connectivity index (χ4n) is 2.11. The third-order valence-corrected chi connectivity index (χ3v) is 3.09. The number of rotatable bonds is 6. The molecule has 0 radical (unpaired) electrons. The van der Waals surface area contributed by atoms with E-state index in [2.05, 4.69) is 0 Å². The fourth-order valence-corrected chi connectivity index (χ4v) is 2.11. The van der Waals surface area contributed by atoms with Gasteiger partial charge >= 0.3 is 18.0 Å². The molecule has 0 aliphatic rings. The Hall–Kier alpha value is -2.57. The molecular weight excluding hydrogens is 302 g/mol. The van der Waals surface area contributed by atoms with E-state index in [9.17, 15) is 19.5 Å². The highest BCUT2D eigenvalue weighted by atomic mass is 16.6. The van der Waals surface area contributed by atoms with Crippen LogP contribution in [0.1, 0.15) is 32.8 Å². The first-order chi connectivity index (χ1) is 10.6. The molecule has 0 saturated carbocycles. The number of nitrogens with zero attached hydrogens (tertiary/aromatic N) is 1. The summed E-state index contributed by atoms with van der Waals surface area (Å²) in [6.07, 6.45) is -1.57. The summed E-state index contributed by atoms with van der Waals surface area (Å²) in [5.41, 5.74) is -0.161. The van der Waals surface area contributed by atoms with Gasteiger partial charge in [-0.05, 0) is 26.3 Å². The molecule has 126 valence electrons. The number of benzene rings is 1. The van der Waals surface area contributed by atoms with Crippen molar-refractivity contribution in [2.24, 2.45) is 0 Å². The zero-order valence-corrected chi connectivity index (χ0v) is 13.4. The van der Waals surface area contributed by atoms with Crippen molar-refractivity contribution in [3.05, 3.63) is 35.9 Å². The van der Waals surface area contributed by atoms with E-state index in [1.807, 2.05) is 6.07 Å². The number of ether oxygens (including phenoxy) is 1. The second kappa shape index (κ2) is 7.62. The second-order valence-electron chi connectivity index (χ2n) is 6.03. The van der Waals surface area contributed by atoms with E-state index in [0.717, 1.165) is 10.5 Å². The number of carboxylic acids is 2. The van der Waals surface area contributed by atoms with Gasteiger partial charge in [0.1, 0.15) is 12.6 Å². The van der Waals surface area contributed by atoms with Gasteiger partial charge in [0.05, 0.1) is 6.42 Å². The van der Waals surface area contributed by atoms with E-state index in [-0.39, 0.29) is 6.61 Å². The molecule has 1 rings (SSSR count). The summed E-state index contributed by atoms with van der Waals surface area (Å²) < 4.78 is 5.16. The Bertz CT molecular complexity index is 564.